The molecule has 43 heavy (non-hydrogen) atoms. The molecule has 2 saturated heterocycles. The number of aliphatic hydroxyl groups is 1. The van der Waals surface area contributed by atoms with Crippen molar-refractivity contribution in [1.82, 2.24) is 0 Å². The summed E-state index contributed by atoms with van der Waals surface area (Å²) >= 11 is 6.57. The van der Waals surface area contributed by atoms with E-state index in [0.29, 0.717) is 31.1 Å². The highest BCUT2D eigenvalue weighted by atomic mass is 35.5. The first-order valence-electron chi connectivity index (χ1n) is 14.7. The Morgan fingerprint density at radius 3 is 2.53 bits per heavy atom. The normalized spacial score (nSPS) is 25.0. The van der Waals surface area contributed by atoms with Gasteiger partial charge in [0.05, 0.1) is 40.1 Å². The van der Waals surface area contributed by atoms with Gasteiger partial charge in [-0.15, -0.1) is 0 Å². The van der Waals surface area contributed by atoms with Crippen molar-refractivity contribution >= 4 is 48.2 Å². The Morgan fingerprint density at radius 1 is 1.09 bits per heavy atom. The SMILES string of the molecule is COc1ccc([Si](C)(C)[C@H]2[C@H](CCO)O[C@@]3(C(=O)N(Cc4cccc(N5CCOC5=O)c4)c4ccc(Cl)cc43)[C@@H]2C)cc1. The zero-order valence-corrected chi connectivity index (χ0v) is 26.6. The van der Waals surface area contributed by atoms with E-state index in [1.165, 1.54) is 5.19 Å². The number of rotatable bonds is 8. The second kappa shape index (κ2) is 11.3. The Balaban J connectivity index is 1.39. The number of anilines is 2. The average molecular weight is 621 g/mol. The van der Waals surface area contributed by atoms with Crippen LogP contribution in [0.1, 0.15) is 24.5 Å². The smallest absolute Gasteiger partial charge is 0.414 e. The number of methoxy groups -OCH3 is 1. The topological polar surface area (TPSA) is 88.5 Å². The fourth-order valence-corrected chi connectivity index (χ4v) is 11.7. The van der Waals surface area contributed by atoms with Crippen LogP contribution in [0.3, 0.4) is 0 Å². The summed E-state index contributed by atoms with van der Waals surface area (Å²) in [4.78, 5) is 30.3. The fraction of sp³-hybridized carbons (Fsp3) is 0.394. The summed E-state index contributed by atoms with van der Waals surface area (Å²) in [5.74, 6) is 0.477. The zero-order chi connectivity index (χ0) is 30.5. The maximum Gasteiger partial charge on any atom is 0.414 e. The molecule has 0 aromatic heterocycles. The van der Waals surface area contributed by atoms with Gasteiger partial charge in [-0.25, -0.2) is 4.79 Å². The first kappa shape index (κ1) is 29.7. The molecule has 2 amide bonds. The van der Waals surface area contributed by atoms with E-state index in [4.69, 9.17) is 25.8 Å². The van der Waals surface area contributed by atoms with Crippen molar-refractivity contribution in [1.29, 1.82) is 0 Å². The van der Waals surface area contributed by atoms with Crippen LogP contribution in [0.5, 0.6) is 5.75 Å². The molecule has 0 aliphatic carbocycles. The van der Waals surface area contributed by atoms with Gasteiger partial charge < -0.3 is 24.2 Å². The van der Waals surface area contributed by atoms with E-state index < -0.39 is 13.7 Å². The summed E-state index contributed by atoms with van der Waals surface area (Å²) in [7, 11) is -0.619. The molecule has 4 atom stereocenters. The van der Waals surface area contributed by atoms with Crippen molar-refractivity contribution in [3.63, 3.8) is 0 Å². The lowest BCUT2D eigenvalue weighted by Gasteiger charge is -2.37. The number of hydrogen-bond acceptors (Lipinski definition) is 6. The molecule has 3 aromatic rings. The highest BCUT2D eigenvalue weighted by Crippen LogP contribution is 2.60. The van der Waals surface area contributed by atoms with Crippen molar-refractivity contribution in [3.05, 3.63) is 82.9 Å². The van der Waals surface area contributed by atoms with Crippen LogP contribution in [0.25, 0.3) is 0 Å². The molecule has 2 fully saturated rings. The van der Waals surface area contributed by atoms with Crippen molar-refractivity contribution < 1.29 is 28.9 Å². The lowest BCUT2D eigenvalue weighted by molar-refractivity contribution is -0.146. The molecular formula is C33H37ClN2O6Si. The molecular weight excluding hydrogens is 584 g/mol. The van der Waals surface area contributed by atoms with Crippen LogP contribution in [0, 0.1) is 5.92 Å². The van der Waals surface area contributed by atoms with Gasteiger partial charge in [0.25, 0.3) is 5.91 Å². The van der Waals surface area contributed by atoms with Crippen LogP contribution in [-0.4, -0.2) is 58.2 Å². The van der Waals surface area contributed by atoms with Gasteiger partial charge in [-0.05, 0) is 60.0 Å². The predicted octanol–water partition coefficient (Wildman–Crippen LogP) is 5.45. The summed E-state index contributed by atoms with van der Waals surface area (Å²) in [6, 6.07) is 21.4. The summed E-state index contributed by atoms with van der Waals surface area (Å²) in [5.41, 5.74) is 1.94. The second-order valence-electron chi connectivity index (χ2n) is 12.2. The number of halogens is 1. The van der Waals surface area contributed by atoms with Crippen LogP contribution >= 0.6 is 11.6 Å². The largest absolute Gasteiger partial charge is 0.497 e. The number of cyclic esters (lactones) is 1. The van der Waals surface area contributed by atoms with Gasteiger partial charge in [-0.1, -0.05) is 61.1 Å². The highest BCUT2D eigenvalue weighted by molar-refractivity contribution is 6.91. The number of ether oxygens (including phenoxy) is 3. The van der Waals surface area contributed by atoms with E-state index in [1.54, 1.807) is 23.0 Å². The fourth-order valence-electron chi connectivity index (χ4n) is 7.47. The molecule has 0 saturated carbocycles. The quantitative estimate of drug-likeness (QED) is 0.337. The molecule has 0 unspecified atom stereocenters. The minimum atomic E-state index is -2.27. The molecule has 0 radical (unpaired) electrons. The van der Waals surface area contributed by atoms with Gasteiger partial charge in [-0.2, -0.15) is 0 Å². The molecule has 10 heteroatoms. The molecule has 1 spiro atoms. The highest BCUT2D eigenvalue weighted by Gasteiger charge is 2.66. The van der Waals surface area contributed by atoms with Crippen LogP contribution in [0.2, 0.25) is 23.7 Å². The molecule has 226 valence electrons. The summed E-state index contributed by atoms with van der Waals surface area (Å²) in [6.07, 6.45) is -0.254. The third-order valence-corrected chi connectivity index (χ3v) is 14.1. The van der Waals surface area contributed by atoms with E-state index in [1.807, 2.05) is 48.5 Å². The van der Waals surface area contributed by atoms with Crippen LogP contribution < -0.4 is 19.7 Å². The molecule has 3 aliphatic rings. The number of aliphatic hydroxyl groups excluding tert-OH is 1. The van der Waals surface area contributed by atoms with Gasteiger partial charge in [0.1, 0.15) is 12.4 Å². The minimum Gasteiger partial charge on any atom is -0.497 e. The Labute approximate surface area is 258 Å². The Bertz CT molecular complexity index is 1550. The first-order chi connectivity index (χ1) is 20.6. The second-order valence-corrected chi connectivity index (χ2v) is 17.3. The maximum absolute atomic E-state index is 14.8. The number of carbonyl (C=O) groups is 2. The molecule has 1 N–H and O–H groups in total. The zero-order valence-electron chi connectivity index (χ0n) is 24.9. The van der Waals surface area contributed by atoms with Gasteiger partial charge in [0, 0.05) is 28.8 Å². The number of nitrogens with zero attached hydrogens (tertiary/aromatic N) is 2. The van der Waals surface area contributed by atoms with E-state index in [2.05, 4.69) is 32.2 Å². The van der Waals surface area contributed by atoms with Crippen LogP contribution in [-0.2, 0) is 26.4 Å². The molecule has 3 aromatic carbocycles. The lowest BCUT2D eigenvalue weighted by atomic mass is 9.82. The Kier molecular flexibility index (Phi) is 7.79. The van der Waals surface area contributed by atoms with Crippen molar-refractivity contribution in [2.24, 2.45) is 5.92 Å². The van der Waals surface area contributed by atoms with Crippen molar-refractivity contribution in [2.45, 2.75) is 50.2 Å². The standard InChI is InChI=1S/C33H37ClN2O6Si/c1-21-30(43(3,4)26-11-9-25(40-2)10-12-26)29(14-16-37)42-33(21)27-19-23(34)8-13-28(27)36(31(33)38)20-22-6-5-7-24(18-22)35-15-17-41-32(35)39/h5-13,18-19,21,29-30,37H,14-17,20H2,1-4H3/t21-,29+,30-,33+/m1/s1. The number of carbonyl (C=O) groups excluding carboxylic acids is 2. The lowest BCUT2D eigenvalue weighted by Crippen LogP contribution is -2.51. The van der Waals surface area contributed by atoms with Gasteiger partial charge >= 0.3 is 6.09 Å². The summed E-state index contributed by atoms with van der Waals surface area (Å²) in [6.45, 7) is 7.85. The van der Waals surface area contributed by atoms with E-state index in [-0.39, 0.29) is 36.2 Å². The van der Waals surface area contributed by atoms with Gasteiger partial charge in [-0.3, -0.25) is 9.69 Å². The number of benzene rings is 3. The molecule has 3 heterocycles. The third kappa shape index (κ3) is 4.83. The number of hydrogen-bond donors (Lipinski definition) is 1. The van der Waals surface area contributed by atoms with Crippen molar-refractivity contribution in [2.75, 3.05) is 36.7 Å². The van der Waals surface area contributed by atoms with Gasteiger partial charge in [0.2, 0.25) is 0 Å². The van der Waals surface area contributed by atoms with Crippen LogP contribution in [0.15, 0.2) is 66.7 Å². The third-order valence-electron chi connectivity index (χ3n) is 9.53. The summed E-state index contributed by atoms with van der Waals surface area (Å²) in [5, 5.41) is 11.9. The molecule has 0 bridgehead atoms. The van der Waals surface area contributed by atoms with Crippen molar-refractivity contribution in [3.8, 4) is 5.75 Å². The van der Waals surface area contributed by atoms with E-state index in [0.717, 1.165) is 28.3 Å². The molecule has 6 rings (SSSR count). The Morgan fingerprint density at radius 2 is 1.86 bits per heavy atom. The number of amides is 2. The summed E-state index contributed by atoms with van der Waals surface area (Å²) < 4.78 is 17.5. The molecule has 8 nitrogen and oxygen atoms in total. The predicted molar refractivity (Wildman–Crippen MR) is 169 cm³/mol. The average Bonchev–Trinajstić information content (AvgIpc) is 3.63. The van der Waals surface area contributed by atoms with Gasteiger partial charge in [0.15, 0.2) is 5.60 Å². The van der Waals surface area contributed by atoms with E-state index in [9.17, 15) is 14.7 Å². The maximum atomic E-state index is 14.8. The number of fused-ring (bicyclic) bond motifs is 2. The minimum absolute atomic E-state index is 0.0354. The first-order valence-corrected chi connectivity index (χ1v) is 18.2. The monoisotopic (exact) mass is 620 g/mol. The Hall–Kier alpha value is -3.37. The van der Waals surface area contributed by atoms with E-state index >= 15 is 0 Å². The van der Waals surface area contributed by atoms with Crippen LogP contribution in [0.4, 0.5) is 16.2 Å². The molecule has 3 aliphatic heterocycles.